The van der Waals surface area contributed by atoms with Crippen molar-refractivity contribution < 1.29 is 9.90 Å². The number of β-amino-alcohol motifs (C(OH)–C–C–N with tert-alkyl or cyclic N) is 1. The van der Waals surface area contributed by atoms with E-state index in [9.17, 15) is 9.90 Å². The van der Waals surface area contributed by atoms with E-state index in [-0.39, 0.29) is 22.9 Å². The molecular formula is C18H32N4O2. The maximum atomic E-state index is 12.6. The molecule has 6 nitrogen and oxygen atoms in total. The third kappa shape index (κ3) is 4.09. The summed E-state index contributed by atoms with van der Waals surface area (Å²) in [4.78, 5) is 14.3. The van der Waals surface area contributed by atoms with Crippen molar-refractivity contribution in [2.45, 2.75) is 71.9 Å². The summed E-state index contributed by atoms with van der Waals surface area (Å²) >= 11 is 0. The van der Waals surface area contributed by atoms with Gasteiger partial charge in [-0.2, -0.15) is 5.10 Å². The number of anilines is 1. The minimum Gasteiger partial charge on any atom is -0.391 e. The number of piperidine rings is 1. The molecule has 0 aromatic carbocycles. The predicted molar refractivity (Wildman–Crippen MR) is 96.3 cm³/mol. The first-order valence-corrected chi connectivity index (χ1v) is 8.74. The highest BCUT2D eigenvalue weighted by molar-refractivity contribution is 5.88. The van der Waals surface area contributed by atoms with Gasteiger partial charge in [0.1, 0.15) is 5.82 Å². The fourth-order valence-corrected chi connectivity index (χ4v) is 2.77. The van der Waals surface area contributed by atoms with Gasteiger partial charge < -0.3 is 10.0 Å². The summed E-state index contributed by atoms with van der Waals surface area (Å²) in [7, 11) is 0. The molecule has 0 spiro atoms. The maximum absolute atomic E-state index is 12.6. The first kappa shape index (κ1) is 18.8. The van der Waals surface area contributed by atoms with Crippen molar-refractivity contribution in [1.82, 2.24) is 14.7 Å². The Labute approximate surface area is 145 Å². The molecule has 2 atom stereocenters. The zero-order valence-corrected chi connectivity index (χ0v) is 16.1. The minimum absolute atomic E-state index is 0.0905. The number of nitrogens with one attached hydrogen (secondary N) is 1. The third-order valence-electron chi connectivity index (χ3n) is 4.55. The van der Waals surface area contributed by atoms with E-state index in [1.165, 1.54) is 0 Å². The Morgan fingerprint density at radius 3 is 2.42 bits per heavy atom. The maximum Gasteiger partial charge on any atom is 0.323 e. The second-order valence-electron chi connectivity index (χ2n) is 8.96. The second-order valence-corrected chi connectivity index (χ2v) is 8.96. The summed E-state index contributed by atoms with van der Waals surface area (Å²) in [5.74, 6) is 0.937. The molecule has 2 N–H and O–H groups in total. The van der Waals surface area contributed by atoms with Gasteiger partial charge in [-0.25, -0.2) is 9.48 Å². The van der Waals surface area contributed by atoms with Gasteiger partial charge >= 0.3 is 6.03 Å². The number of carbonyl (C=O) groups is 1. The molecule has 1 aliphatic rings. The highest BCUT2D eigenvalue weighted by Crippen LogP contribution is 2.28. The molecule has 0 radical (unpaired) electrons. The zero-order chi connectivity index (χ0) is 18.3. The van der Waals surface area contributed by atoms with Crippen LogP contribution in [0, 0.1) is 5.92 Å². The molecule has 0 aliphatic carbocycles. The van der Waals surface area contributed by atoms with Gasteiger partial charge in [0.05, 0.1) is 17.3 Å². The lowest BCUT2D eigenvalue weighted by molar-refractivity contribution is 0.0463. The van der Waals surface area contributed by atoms with Crippen LogP contribution in [0.1, 0.15) is 60.6 Å². The normalized spacial score (nSPS) is 22.6. The summed E-state index contributed by atoms with van der Waals surface area (Å²) in [5.41, 5.74) is 0.620. The van der Waals surface area contributed by atoms with E-state index < -0.39 is 6.10 Å². The Balaban J connectivity index is 2.22. The van der Waals surface area contributed by atoms with E-state index in [0.29, 0.717) is 18.9 Å². The van der Waals surface area contributed by atoms with Crippen molar-refractivity contribution in [2.75, 3.05) is 18.4 Å². The molecule has 1 aliphatic heterocycles. The van der Waals surface area contributed by atoms with Gasteiger partial charge in [-0.05, 0) is 33.1 Å². The van der Waals surface area contributed by atoms with E-state index in [2.05, 4.69) is 46.9 Å². The van der Waals surface area contributed by atoms with E-state index in [4.69, 9.17) is 5.10 Å². The molecule has 6 heteroatoms. The van der Waals surface area contributed by atoms with Crippen LogP contribution in [-0.2, 0) is 11.0 Å². The Morgan fingerprint density at radius 2 is 1.92 bits per heavy atom. The molecule has 0 saturated carbocycles. The van der Waals surface area contributed by atoms with Crippen LogP contribution in [0.5, 0.6) is 0 Å². The molecule has 1 aromatic heterocycles. The monoisotopic (exact) mass is 336 g/mol. The number of amides is 2. The van der Waals surface area contributed by atoms with Crippen LogP contribution in [0.25, 0.3) is 0 Å². The van der Waals surface area contributed by atoms with Crippen LogP contribution < -0.4 is 5.32 Å². The van der Waals surface area contributed by atoms with Crippen LogP contribution >= 0.6 is 0 Å². The lowest BCUT2D eigenvalue weighted by atomic mass is 9.92. The number of hydrogen-bond donors (Lipinski definition) is 2. The number of urea groups is 1. The minimum atomic E-state index is -0.456. The topological polar surface area (TPSA) is 70.4 Å². The second kappa shape index (κ2) is 6.39. The Hall–Kier alpha value is -1.56. The largest absolute Gasteiger partial charge is 0.391 e. The molecule has 2 amide bonds. The highest BCUT2D eigenvalue weighted by Gasteiger charge is 2.30. The molecular weight excluding hydrogens is 304 g/mol. The molecule has 1 aromatic rings. The first-order chi connectivity index (χ1) is 10.9. The third-order valence-corrected chi connectivity index (χ3v) is 4.55. The van der Waals surface area contributed by atoms with Gasteiger partial charge in [-0.3, -0.25) is 5.32 Å². The van der Waals surface area contributed by atoms with Crippen LogP contribution in [0.3, 0.4) is 0 Å². The van der Waals surface area contributed by atoms with Gasteiger partial charge in [0, 0.05) is 24.6 Å². The summed E-state index contributed by atoms with van der Waals surface area (Å²) < 4.78 is 1.87. The molecule has 1 fully saturated rings. The lowest BCUT2D eigenvalue weighted by Crippen LogP contribution is -2.47. The molecule has 0 bridgehead atoms. The van der Waals surface area contributed by atoms with Crippen LogP contribution in [-0.4, -0.2) is 45.0 Å². The summed E-state index contributed by atoms with van der Waals surface area (Å²) in [6.45, 7) is 15.6. The van der Waals surface area contributed by atoms with Gasteiger partial charge in [0.2, 0.25) is 0 Å². The van der Waals surface area contributed by atoms with Crippen LogP contribution in [0.15, 0.2) is 6.07 Å². The number of aliphatic hydroxyl groups is 1. The van der Waals surface area contributed by atoms with Gasteiger partial charge in [-0.15, -0.1) is 0 Å². The molecule has 2 heterocycles. The quantitative estimate of drug-likeness (QED) is 0.827. The van der Waals surface area contributed by atoms with E-state index in [0.717, 1.165) is 12.1 Å². The Bertz CT molecular complexity index is 595. The average molecular weight is 336 g/mol. The van der Waals surface area contributed by atoms with Crippen molar-refractivity contribution in [1.29, 1.82) is 0 Å². The first-order valence-electron chi connectivity index (χ1n) is 8.74. The summed E-state index contributed by atoms with van der Waals surface area (Å²) in [6, 6.07) is 1.78. The van der Waals surface area contributed by atoms with Crippen LogP contribution in [0.4, 0.5) is 10.6 Å². The number of carbonyl (C=O) groups excluding carboxylic acids is 1. The van der Waals surface area contributed by atoms with Crippen molar-refractivity contribution >= 4 is 11.8 Å². The number of nitrogens with zero attached hydrogens (tertiary/aromatic N) is 3. The number of aromatic nitrogens is 2. The van der Waals surface area contributed by atoms with E-state index >= 15 is 0 Å². The fraction of sp³-hybridized carbons (Fsp3) is 0.778. The smallest absolute Gasteiger partial charge is 0.323 e. The molecule has 136 valence electrons. The number of hydrogen-bond acceptors (Lipinski definition) is 3. The number of rotatable bonds is 1. The summed E-state index contributed by atoms with van der Waals surface area (Å²) in [6.07, 6.45) is 0.363. The standard InChI is InChI=1S/C18H32N4O2/c1-12-8-9-21(11-13(12)23)16(24)19-15-10-14(17(2,3)4)20-22(15)18(5,6)7/h10,12-13,23H,8-9,11H2,1-7H3,(H,19,24). The van der Waals surface area contributed by atoms with Crippen molar-refractivity contribution in [3.05, 3.63) is 11.8 Å². The summed E-state index contributed by atoms with van der Waals surface area (Å²) in [5, 5.41) is 17.7. The van der Waals surface area contributed by atoms with E-state index in [1.54, 1.807) is 4.90 Å². The SMILES string of the molecule is CC1CCN(C(=O)Nc2cc(C(C)(C)C)nn2C(C)(C)C)CC1O. The molecule has 1 saturated heterocycles. The van der Waals surface area contributed by atoms with Crippen molar-refractivity contribution in [3.8, 4) is 0 Å². The Kier molecular flexibility index (Phi) is 5.00. The highest BCUT2D eigenvalue weighted by atomic mass is 16.3. The van der Waals surface area contributed by atoms with Crippen molar-refractivity contribution in [2.24, 2.45) is 5.92 Å². The van der Waals surface area contributed by atoms with Gasteiger partial charge in [0.15, 0.2) is 0 Å². The number of aliphatic hydroxyl groups excluding tert-OH is 1. The molecule has 2 unspecified atom stereocenters. The van der Waals surface area contributed by atoms with E-state index in [1.807, 2.05) is 17.7 Å². The van der Waals surface area contributed by atoms with Gasteiger partial charge in [-0.1, -0.05) is 27.7 Å². The van der Waals surface area contributed by atoms with Crippen LogP contribution in [0.2, 0.25) is 0 Å². The zero-order valence-electron chi connectivity index (χ0n) is 16.1. The van der Waals surface area contributed by atoms with Crippen molar-refractivity contribution in [3.63, 3.8) is 0 Å². The predicted octanol–water partition coefficient (Wildman–Crippen LogP) is 3.17. The average Bonchev–Trinajstić information content (AvgIpc) is 2.85. The fourth-order valence-electron chi connectivity index (χ4n) is 2.77. The molecule has 2 rings (SSSR count). The molecule has 24 heavy (non-hydrogen) atoms. The number of likely N-dealkylation sites (tertiary alicyclic amines) is 1. The lowest BCUT2D eigenvalue weighted by Gasteiger charge is -2.34. The Morgan fingerprint density at radius 1 is 1.29 bits per heavy atom. The van der Waals surface area contributed by atoms with Gasteiger partial charge in [0.25, 0.3) is 0 Å².